The van der Waals surface area contributed by atoms with Crippen molar-refractivity contribution in [1.82, 2.24) is 9.97 Å². The lowest BCUT2D eigenvalue weighted by molar-refractivity contribution is -0.137. The van der Waals surface area contributed by atoms with Gasteiger partial charge < -0.3 is 0 Å². The van der Waals surface area contributed by atoms with Gasteiger partial charge in [-0.1, -0.05) is 23.7 Å². The van der Waals surface area contributed by atoms with Gasteiger partial charge in [-0.2, -0.15) is 13.2 Å². The summed E-state index contributed by atoms with van der Waals surface area (Å²) in [5.74, 6) is 0.379. The van der Waals surface area contributed by atoms with Crippen LogP contribution in [-0.4, -0.2) is 9.97 Å². The molecule has 0 amide bonds. The molecule has 2 aromatic rings. The molecule has 0 bridgehead atoms. The number of alkyl halides is 3. The number of aromatic nitrogens is 2. The molecule has 0 aliphatic heterocycles. The van der Waals surface area contributed by atoms with E-state index in [1.54, 1.807) is 0 Å². The van der Waals surface area contributed by atoms with E-state index >= 15 is 0 Å². The summed E-state index contributed by atoms with van der Waals surface area (Å²) in [4.78, 5) is 8.58. The standard InChI is InChI=1S/C14H10ClF3N2/c15-12-10-2-1-3-11(10)19-13(20-12)8-4-6-9(7-5-8)14(16,17)18/h4-7H,1-3H2. The van der Waals surface area contributed by atoms with Gasteiger partial charge in [0.1, 0.15) is 5.15 Å². The quantitative estimate of drug-likeness (QED) is 0.733. The van der Waals surface area contributed by atoms with Crippen LogP contribution in [0.15, 0.2) is 24.3 Å². The second-order valence-electron chi connectivity index (χ2n) is 4.69. The number of hydrogen-bond acceptors (Lipinski definition) is 2. The lowest BCUT2D eigenvalue weighted by atomic mass is 10.1. The largest absolute Gasteiger partial charge is 0.416 e. The summed E-state index contributed by atoms with van der Waals surface area (Å²) in [6, 6.07) is 4.80. The lowest BCUT2D eigenvalue weighted by Crippen LogP contribution is -2.04. The highest BCUT2D eigenvalue weighted by atomic mass is 35.5. The number of aryl methyl sites for hydroxylation is 1. The number of fused-ring (bicyclic) bond motifs is 1. The summed E-state index contributed by atoms with van der Waals surface area (Å²) in [5, 5.41) is 0.405. The smallest absolute Gasteiger partial charge is 0.233 e. The summed E-state index contributed by atoms with van der Waals surface area (Å²) >= 11 is 6.10. The van der Waals surface area contributed by atoms with Gasteiger partial charge in [0.2, 0.25) is 0 Å². The van der Waals surface area contributed by atoms with Crippen molar-refractivity contribution in [1.29, 1.82) is 0 Å². The Balaban J connectivity index is 2.00. The van der Waals surface area contributed by atoms with Gasteiger partial charge in [0.15, 0.2) is 5.82 Å². The summed E-state index contributed by atoms with van der Waals surface area (Å²) in [5.41, 5.74) is 1.71. The Morgan fingerprint density at radius 2 is 1.70 bits per heavy atom. The van der Waals surface area contributed by atoms with Crippen molar-refractivity contribution in [3.63, 3.8) is 0 Å². The van der Waals surface area contributed by atoms with Crippen LogP contribution in [0.1, 0.15) is 23.2 Å². The van der Waals surface area contributed by atoms with Crippen molar-refractivity contribution < 1.29 is 13.2 Å². The molecule has 1 heterocycles. The molecule has 1 aliphatic rings. The second-order valence-corrected chi connectivity index (χ2v) is 5.05. The van der Waals surface area contributed by atoms with Crippen LogP contribution >= 0.6 is 11.6 Å². The minimum absolute atomic E-state index is 0.379. The Hall–Kier alpha value is -1.62. The number of nitrogens with zero attached hydrogens (tertiary/aromatic N) is 2. The van der Waals surface area contributed by atoms with Crippen LogP contribution in [0.5, 0.6) is 0 Å². The molecule has 3 rings (SSSR count). The lowest BCUT2D eigenvalue weighted by Gasteiger charge is -2.08. The van der Waals surface area contributed by atoms with E-state index < -0.39 is 11.7 Å². The highest BCUT2D eigenvalue weighted by Gasteiger charge is 2.30. The molecular formula is C14H10ClF3N2. The molecule has 1 aromatic carbocycles. The molecule has 20 heavy (non-hydrogen) atoms. The molecule has 0 unspecified atom stereocenters. The van der Waals surface area contributed by atoms with Crippen LogP contribution < -0.4 is 0 Å². The maximum atomic E-state index is 12.5. The van der Waals surface area contributed by atoms with Crippen LogP contribution in [0.3, 0.4) is 0 Å². The fourth-order valence-corrected chi connectivity index (χ4v) is 2.61. The monoisotopic (exact) mass is 298 g/mol. The third-order valence-electron chi connectivity index (χ3n) is 3.35. The Morgan fingerprint density at radius 1 is 1.00 bits per heavy atom. The first-order valence-electron chi connectivity index (χ1n) is 6.18. The highest BCUT2D eigenvalue weighted by molar-refractivity contribution is 6.30. The predicted molar refractivity (Wildman–Crippen MR) is 69.5 cm³/mol. The Bertz CT molecular complexity index is 651. The van der Waals surface area contributed by atoms with Crippen LogP contribution in [0.25, 0.3) is 11.4 Å². The molecule has 1 aliphatic carbocycles. The van der Waals surface area contributed by atoms with Gasteiger partial charge in [-0.25, -0.2) is 9.97 Å². The molecule has 0 atom stereocenters. The third kappa shape index (κ3) is 2.38. The zero-order valence-electron chi connectivity index (χ0n) is 10.3. The number of benzene rings is 1. The summed E-state index contributed by atoms with van der Waals surface area (Å²) in [6.07, 6.45) is -1.65. The first-order chi connectivity index (χ1) is 9.45. The first-order valence-corrected chi connectivity index (χ1v) is 6.56. The Morgan fingerprint density at radius 3 is 2.35 bits per heavy atom. The summed E-state index contributed by atoms with van der Waals surface area (Å²) in [6.45, 7) is 0. The minimum Gasteiger partial charge on any atom is -0.233 e. The molecule has 6 heteroatoms. The van der Waals surface area contributed by atoms with Crippen molar-refractivity contribution in [2.45, 2.75) is 25.4 Å². The molecule has 0 spiro atoms. The van der Waals surface area contributed by atoms with E-state index in [9.17, 15) is 13.2 Å². The van der Waals surface area contributed by atoms with E-state index in [1.807, 2.05) is 0 Å². The van der Waals surface area contributed by atoms with Gasteiger partial charge in [-0.05, 0) is 31.4 Å². The van der Waals surface area contributed by atoms with E-state index in [4.69, 9.17) is 11.6 Å². The molecular weight excluding hydrogens is 289 g/mol. The number of rotatable bonds is 1. The predicted octanol–water partition coefficient (Wildman–Crippen LogP) is 4.30. The van der Waals surface area contributed by atoms with Crippen molar-refractivity contribution in [3.05, 3.63) is 46.2 Å². The van der Waals surface area contributed by atoms with Crippen LogP contribution in [0, 0.1) is 0 Å². The van der Waals surface area contributed by atoms with Crippen molar-refractivity contribution in [2.75, 3.05) is 0 Å². The van der Waals surface area contributed by atoms with Crippen molar-refractivity contribution >= 4 is 11.6 Å². The molecule has 104 valence electrons. The Kier molecular flexibility index (Phi) is 3.17. The fourth-order valence-electron chi connectivity index (χ4n) is 2.32. The van der Waals surface area contributed by atoms with E-state index in [1.165, 1.54) is 12.1 Å². The van der Waals surface area contributed by atoms with Crippen LogP contribution in [0.2, 0.25) is 5.15 Å². The fraction of sp³-hybridized carbons (Fsp3) is 0.286. The van der Waals surface area contributed by atoms with E-state index in [2.05, 4.69) is 9.97 Å². The Labute approximate surface area is 118 Å². The molecule has 0 saturated carbocycles. The number of halogens is 4. The van der Waals surface area contributed by atoms with Crippen LogP contribution in [0.4, 0.5) is 13.2 Å². The van der Waals surface area contributed by atoms with E-state index in [0.29, 0.717) is 16.5 Å². The molecule has 1 aromatic heterocycles. The SMILES string of the molecule is FC(F)(F)c1ccc(-c2nc(Cl)c3c(n2)CCC3)cc1. The maximum Gasteiger partial charge on any atom is 0.416 e. The highest BCUT2D eigenvalue weighted by Crippen LogP contribution is 2.32. The normalized spacial score (nSPS) is 14.4. The first kappa shape index (κ1) is 13.4. The molecule has 2 nitrogen and oxygen atoms in total. The molecule has 0 N–H and O–H groups in total. The number of hydrogen-bond donors (Lipinski definition) is 0. The minimum atomic E-state index is -4.34. The van der Waals surface area contributed by atoms with Crippen molar-refractivity contribution in [2.24, 2.45) is 0 Å². The van der Waals surface area contributed by atoms with Gasteiger partial charge in [-0.15, -0.1) is 0 Å². The maximum absolute atomic E-state index is 12.5. The van der Waals surface area contributed by atoms with Gasteiger partial charge in [0, 0.05) is 16.8 Å². The van der Waals surface area contributed by atoms with Crippen molar-refractivity contribution in [3.8, 4) is 11.4 Å². The summed E-state index contributed by atoms with van der Waals surface area (Å²) in [7, 11) is 0. The topological polar surface area (TPSA) is 25.8 Å². The van der Waals surface area contributed by atoms with Gasteiger partial charge >= 0.3 is 6.18 Å². The average Bonchev–Trinajstić information content (AvgIpc) is 2.86. The van der Waals surface area contributed by atoms with E-state index in [0.717, 1.165) is 42.7 Å². The van der Waals surface area contributed by atoms with E-state index in [-0.39, 0.29) is 0 Å². The van der Waals surface area contributed by atoms with Crippen LogP contribution in [-0.2, 0) is 19.0 Å². The second kappa shape index (κ2) is 4.74. The third-order valence-corrected chi connectivity index (χ3v) is 3.67. The average molecular weight is 299 g/mol. The van der Waals surface area contributed by atoms with Gasteiger partial charge in [0.25, 0.3) is 0 Å². The van der Waals surface area contributed by atoms with Gasteiger partial charge in [0.05, 0.1) is 5.56 Å². The van der Waals surface area contributed by atoms with Gasteiger partial charge in [-0.3, -0.25) is 0 Å². The summed E-state index contributed by atoms with van der Waals surface area (Å²) < 4.78 is 37.5. The zero-order valence-corrected chi connectivity index (χ0v) is 11.1. The zero-order chi connectivity index (χ0) is 14.3. The molecule has 0 fully saturated rings. The molecule has 0 radical (unpaired) electrons. The molecule has 0 saturated heterocycles.